The Morgan fingerprint density at radius 2 is 1.89 bits per heavy atom. The molecule has 2 rings (SSSR count). The van der Waals surface area contributed by atoms with Crippen LogP contribution in [0.2, 0.25) is 9.36 Å². The Morgan fingerprint density at radius 3 is 2.42 bits per heavy atom. The molecule has 0 saturated carbocycles. The van der Waals surface area contributed by atoms with Crippen LogP contribution in [-0.2, 0) is 0 Å². The number of amides is 1. The zero-order valence-corrected chi connectivity index (χ0v) is 11.6. The molecule has 2 N–H and O–H groups in total. The van der Waals surface area contributed by atoms with Gasteiger partial charge in [-0.25, -0.2) is 4.79 Å². The standard InChI is InChI=1S/C12H7Cl2NO3S/c13-8-5-6(1-2-7(8)12(17)18)15-11(16)9-3-4-10(14)19-9/h1-5H,(H,15,16)(H,17,18). The van der Waals surface area contributed by atoms with Gasteiger partial charge < -0.3 is 10.4 Å². The quantitative estimate of drug-likeness (QED) is 0.899. The Labute approximate surface area is 122 Å². The lowest BCUT2D eigenvalue weighted by Crippen LogP contribution is -2.10. The lowest BCUT2D eigenvalue weighted by molar-refractivity contribution is 0.0697. The van der Waals surface area contributed by atoms with Crippen LogP contribution in [0.1, 0.15) is 20.0 Å². The molecular weight excluding hydrogens is 309 g/mol. The van der Waals surface area contributed by atoms with Crippen molar-refractivity contribution >= 4 is 52.1 Å². The summed E-state index contributed by atoms with van der Waals surface area (Å²) < 4.78 is 0.518. The van der Waals surface area contributed by atoms with Gasteiger partial charge in [0, 0.05) is 5.69 Å². The second-order valence-electron chi connectivity index (χ2n) is 3.56. The Kier molecular flexibility index (Phi) is 4.09. The highest BCUT2D eigenvalue weighted by Crippen LogP contribution is 2.24. The van der Waals surface area contributed by atoms with Crippen molar-refractivity contribution in [1.82, 2.24) is 0 Å². The number of nitrogens with one attached hydrogen (secondary N) is 1. The Morgan fingerprint density at radius 1 is 1.16 bits per heavy atom. The van der Waals surface area contributed by atoms with Crippen LogP contribution in [-0.4, -0.2) is 17.0 Å². The average molecular weight is 316 g/mol. The average Bonchev–Trinajstić information content (AvgIpc) is 2.75. The molecule has 0 aliphatic carbocycles. The van der Waals surface area contributed by atoms with Gasteiger partial charge in [0.05, 0.1) is 19.8 Å². The number of thiophene rings is 1. The maximum Gasteiger partial charge on any atom is 0.337 e. The molecule has 0 unspecified atom stereocenters. The predicted octanol–water partition coefficient (Wildman–Crippen LogP) is 4.01. The number of carbonyl (C=O) groups is 2. The zero-order chi connectivity index (χ0) is 14.0. The van der Waals surface area contributed by atoms with E-state index in [9.17, 15) is 9.59 Å². The van der Waals surface area contributed by atoms with E-state index in [2.05, 4.69) is 5.32 Å². The highest BCUT2D eigenvalue weighted by atomic mass is 35.5. The van der Waals surface area contributed by atoms with E-state index in [1.54, 1.807) is 12.1 Å². The number of rotatable bonds is 3. The summed E-state index contributed by atoms with van der Waals surface area (Å²) in [7, 11) is 0. The van der Waals surface area contributed by atoms with Gasteiger partial charge in [0.15, 0.2) is 0 Å². The van der Waals surface area contributed by atoms with Crippen molar-refractivity contribution in [1.29, 1.82) is 0 Å². The topological polar surface area (TPSA) is 66.4 Å². The summed E-state index contributed by atoms with van der Waals surface area (Å²) in [4.78, 5) is 23.1. The third-order valence-corrected chi connectivity index (χ3v) is 3.80. The molecule has 7 heteroatoms. The Hall–Kier alpha value is -1.56. The number of hydrogen-bond donors (Lipinski definition) is 2. The van der Waals surface area contributed by atoms with Crippen LogP contribution >= 0.6 is 34.5 Å². The lowest BCUT2D eigenvalue weighted by Gasteiger charge is -2.05. The van der Waals surface area contributed by atoms with Crippen LogP contribution in [0.5, 0.6) is 0 Å². The van der Waals surface area contributed by atoms with E-state index < -0.39 is 5.97 Å². The molecule has 98 valence electrons. The van der Waals surface area contributed by atoms with E-state index in [-0.39, 0.29) is 16.5 Å². The first-order valence-corrected chi connectivity index (χ1v) is 6.64. The van der Waals surface area contributed by atoms with E-state index in [0.717, 1.165) is 11.3 Å². The molecule has 4 nitrogen and oxygen atoms in total. The van der Waals surface area contributed by atoms with Crippen LogP contribution < -0.4 is 5.32 Å². The van der Waals surface area contributed by atoms with Crippen LogP contribution in [0.15, 0.2) is 30.3 Å². The largest absolute Gasteiger partial charge is 0.478 e. The molecule has 19 heavy (non-hydrogen) atoms. The maximum absolute atomic E-state index is 11.8. The molecule has 1 aromatic heterocycles. The minimum atomic E-state index is -1.12. The summed E-state index contributed by atoms with van der Waals surface area (Å²) in [6, 6.07) is 7.43. The van der Waals surface area contributed by atoms with Crippen LogP contribution in [0.25, 0.3) is 0 Å². The van der Waals surface area contributed by atoms with Crippen molar-refractivity contribution in [3.05, 3.63) is 50.1 Å². The summed E-state index contributed by atoms with van der Waals surface area (Å²) >= 11 is 12.7. The minimum absolute atomic E-state index is 0.0150. The van der Waals surface area contributed by atoms with Gasteiger partial charge in [0.25, 0.3) is 5.91 Å². The molecule has 1 amide bonds. The van der Waals surface area contributed by atoms with Gasteiger partial charge in [-0.1, -0.05) is 23.2 Å². The van der Waals surface area contributed by atoms with Gasteiger partial charge in [-0.15, -0.1) is 11.3 Å². The number of anilines is 1. The number of halogens is 2. The zero-order valence-electron chi connectivity index (χ0n) is 9.31. The fourth-order valence-electron chi connectivity index (χ4n) is 1.40. The predicted molar refractivity (Wildman–Crippen MR) is 75.7 cm³/mol. The van der Waals surface area contributed by atoms with E-state index in [1.807, 2.05) is 0 Å². The number of carboxylic acid groups (broad SMARTS) is 1. The molecule has 2 aromatic rings. The molecule has 0 radical (unpaired) electrons. The second kappa shape index (κ2) is 5.61. The maximum atomic E-state index is 11.8. The van der Waals surface area contributed by atoms with Gasteiger partial charge in [0.1, 0.15) is 0 Å². The van der Waals surface area contributed by atoms with E-state index in [4.69, 9.17) is 28.3 Å². The van der Waals surface area contributed by atoms with Crippen molar-refractivity contribution in [2.45, 2.75) is 0 Å². The molecule has 0 aliphatic heterocycles. The van der Waals surface area contributed by atoms with Crippen molar-refractivity contribution < 1.29 is 14.7 Å². The van der Waals surface area contributed by atoms with Crippen LogP contribution in [0.4, 0.5) is 5.69 Å². The summed E-state index contributed by atoms with van der Waals surface area (Å²) in [5.41, 5.74) is 0.406. The first kappa shape index (κ1) is 13.9. The summed E-state index contributed by atoms with van der Waals surface area (Å²) in [5, 5.41) is 11.5. The van der Waals surface area contributed by atoms with Gasteiger partial charge in [-0.2, -0.15) is 0 Å². The summed E-state index contributed by atoms with van der Waals surface area (Å²) in [5.74, 6) is -1.44. The third-order valence-electron chi connectivity index (χ3n) is 2.25. The minimum Gasteiger partial charge on any atom is -0.478 e. The second-order valence-corrected chi connectivity index (χ2v) is 5.68. The summed E-state index contributed by atoms with van der Waals surface area (Å²) in [6.07, 6.45) is 0. The van der Waals surface area contributed by atoms with Crippen molar-refractivity contribution in [2.75, 3.05) is 5.32 Å². The molecular formula is C12H7Cl2NO3S. The molecule has 0 saturated heterocycles. The number of hydrogen-bond acceptors (Lipinski definition) is 3. The first-order chi connectivity index (χ1) is 8.97. The van der Waals surface area contributed by atoms with Crippen molar-refractivity contribution in [3.63, 3.8) is 0 Å². The van der Waals surface area contributed by atoms with Crippen molar-refractivity contribution in [3.8, 4) is 0 Å². The smallest absolute Gasteiger partial charge is 0.337 e. The molecule has 0 atom stereocenters. The van der Waals surface area contributed by atoms with E-state index in [0.29, 0.717) is 14.9 Å². The molecule has 0 spiro atoms. The Bertz CT molecular complexity index is 654. The number of carboxylic acids is 1. The number of benzene rings is 1. The highest BCUT2D eigenvalue weighted by molar-refractivity contribution is 7.18. The summed E-state index contributed by atoms with van der Waals surface area (Å²) in [6.45, 7) is 0. The molecule has 0 aliphatic rings. The highest BCUT2D eigenvalue weighted by Gasteiger charge is 2.12. The van der Waals surface area contributed by atoms with E-state index >= 15 is 0 Å². The fourth-order valence-corrected chi connectivity index (χ4v) is 2.60. The molecule has 0 bridgehead atoms. The molecule has 1 aromatic carbocycles. The van der Waals surface area contributed by atoms with Gasteiger partial charge >= 0.3 is 5.97 Å². The lowest BCUT2D eigenvalue weighted by atomic mass is 10.2. The monoisotopic (exact) mass is 315 g/mol. The molecule has 0 fully saturated rings. The SMILES string of the molecule is O=C(Nc1ccc(C(=O)O)c(Cl)c1)c1ccc(Cl)s1. The van der Waals surface area contributed by atoms with Gasteiger partial charge in [0.2, 0.25) is 0 Å². The normalized spacial score (nSPS) is 10.2. The van der Waals surface area contributed by atoms with Gasteiger partial charge in [-0.3, -0.25) is 4.79 Å². The van der Waals surface area contributed by atoms with Gasteiger partial charge in [-0.05, 0) is 30.3 Å². The van der Waals surface area contributed by atoms with Crippen LogP contribution in [0.3, 0.4) is 0 Å². The fraction of sp³-hybridized carbons (Fsp3) is 0. The van der Waals surface area contributed by atoms with Crippen molar-refractivity contribution in [2.24, 2.45) is 0 Å². The number of carbonyl (C=O) groups excluding carboxylic acids is 1. The third kappa shape index (κ3) is 3.26. The van der Waals surface area contributed by atoms with E-state index in [1.165, 1.54) is 18.2 Å². The number of aromatic carboxylic acids is 1. The Balaban J connectivity index is 2.18. The first-order valence-electron chi connectivity index (χ1n) is 5.07. The molecule has 1 heterocycles. The van der Waals surface area contributed by atoms with Crippen LogP contribution in [0, 0.1) is 0 Å².